The van der Waals surface area contributed by atoms with E-state index in [1.807, 2.05) is 0 Å². The smallest absolute Gasteiger partial charge is 0.430 e. The van der Waals surface area contributed by atoms with Crippen molar-refractivity contribution in [3.8, 4) is 11.3 Å². The fraction of sp³-hybridized carbons (Fsp3) is 0.419. The van der Waals surface area contributed by atoms with Crippen LogP contribution in [0.25, 0.3) is 11.3 Å². The van der Waals surface area contributed by atoms with E-state index >= 15 is 8.78 Å². The van der Waals surface area contributed by atoms with Crippen LogP contribution in [0.3, 0.4) is 0 Å². The Hall–Kier alpha value is -3.73. The second kappa shape index (κ2) is 15.4. The van der Waals surface area contributed by atoms with Crippen LogP contribution >= 0.6 is 23.5 Å². The fourth-order valence-corrected chi connectivity index (χ4v) is 5.40. The quantitative estimate of drug-likeness (QED) is 0.0535. The average Bonchev–Trinajstić information content (AvgIpc) is 3.28. The van der Waals surface area contributed by atoms with Gasteiger partial charge in [-0.3, -0.25) is 18.7 Å². The molecule has 18 heteroatoms. The zero-order chi connectivity index (χ0) is 36.9. The summed E-state index contributed by atoms with van der Waals surface area (Å²) in [6.07, 6.45) is 1.55. The number of aromatic nitrogens is 2. The topological polar surface area (TPSA) is 171 Å². The van der Waals surface area contributed by atoms with Crippen molar-refractivity contribution in [1.82, 2.24) is 9.13 Å². The molecule has 0 spiro atoms. The summed E-state index contributed by atoms with van der Waals surface area (Å²) in [7, 11) is -4.35. The van der Waals surface area contributed by atoms with Crippen molar-refractivity contribution in [2.75, 3.05) is 13.6 Å². The highest BCUT2D eigenvalue weighted by molar-refractivity contribution is 9.10. The molecule has 3 aromatic rings. The van der Waals surface area contributed by atoms with Gasteiger partial charge in [0.05, 0.1) is 28.6 Å². The van der Waals surface area contributed by atoms with Gasteiger partial charge in [0, 0.05) is 23.3 Å². The van der Waals surface area contributed by atoms with Gasteiger partial charge in [-0.1, -0.05) is 45.2 Å². The fourth-order valence-electron chi connectivity index (χ4n) is 3.86. The first-order chi connectivity index (χ1) is 22.6. The van der Waals surface area contributed by atoms with Crippen LogP contribution in [0.5, 0.6) is 0 Å². The van der Waals surface area contributed by atoms with Crippen LogP contribution in [0.1, 0.15) is 63.0 Å². The molecule has 0 saturated carbocycles. The van der Waals surface area contributed by atoms with E-state index in [2.05, 4.69) is 35.3 Å². The van der Waals surface area contributed by atoms with Crippen molar-refractivity contribution in [2.24, 2.45) is 17.9 Å². The third kappa shape index (κ3) is 9.93. The number of alkyl halides is 2. The number of aryl methyl sites for hydroxylation is 1. The number of rotatable bonds is 13. The van der Waals surface area contributed by atoms with Gasteiger partial charge in [0.25, 0.3) is 0 Å². The monoisotopic (exact) mass is 776 g/mol. The Kier molecular flexibility index (Phi) is 12.5. The third-order valence-electron chi connectivity index (χ3n) is 6.63. The number of halogens is 3. The van der Waals surface area contributed by atoms with Crippen molar-refractivity contribution >= 4 is 41.4 Å². The molecule has 1 atom stereocenters. The second-order valence-corrected chi connectivity index (χ2v) is 15.3. The molecule has 1 aromatic heterocycles. The van der Waals surface area contributed by atoms with Crippen molar-refractivity contribution in [2.45, 2.75) is 53.8 Å². The number of hydrogen-bond acceptors (Lipinski definition) is 11. The Morgan fingerprint density at radius 3 is 2.02 bits per heavy atom. The zero-order valence-corrected chi connectivity index (χ0v) is 30.1. The molecule has 14 nitrogen and oxygen atoms in total. The molecule has 0 fully saturated rings. The van der Waals surface area contributed by atoms with E-state index in [4.69, 9.17) is 9.47 Å². The van der Waals surface area contributed by atoms with E-state index < -0.39 is 66.8 Å². The molecule has 49 heavy (non-hydrogen) atoms. The molecule has 268 valence electrons. The number of ether oxygens (including phenoxy) is 3. The van der Waals surface area contributed by atoms with Gasteiger partial charge in [-0.2, -0.15) is 13.7 Å². The van der Waals surface area contributed by atoms with Gasteiger partial charge in [-0.25, -0.2) is 9.59 Å². The van der Waals surface area contributed by atoms with Crippen molar-refractivity contribution in [1.29, 1.82) is 0 Å². The van der Waals surface area contributed by atoms with Gasteiger partial charge in [-0.05, 0) is 70.9 Å². The van der Waals surface area contributed by atoms with Crippen LogP contribution in [0, 0.1) is 10.8 Å². The minimum Gasteiger partial charge on any atom is -0.435 e. The van der Waals surface area contributed by atoms with Gasteiger partial charge in [0.15, 0.2) is 0 Å². The lowest BCUT2D eigenvalue weighted by molar-refractivity contribution is -0.487. The summed E-state index contributed by atoms with van der Waals surface area (Å²) in [6, 6.07) is 9.41. The normalized spacial score (nSPS) is 13.4. The van der Waals surface area contributed by atoms with Gasteiger partial charge in [0.1, 0.15) is 0 Å². The first-order valence-electron chi connectivity index (χ1n) is 14.4. The van der Waals surface area contributed by atoms with E-state index in [0.717, 1.165) is 6.07 Å². The molecule has 0 radical (unpaired) electrons. The molecule has 0 amide bonds. The largest absolute Gasteiger partial charge is 0.435 e. The van der Waals surface area contributed by atoms with Crippen LogP contribution in [0.15, 0.2) is 57.9 Å². The Labute approximate surface area is 288 Å². The zero-order valence-electron chi connectivity index (χ0n) is 27.7. The lowest BCUT2D eigenvalue weighted by Crippen LogP contribution is -2.24. The van der Waals surface area contributed by atoms with Gasteiger partial charge in [-0.15, -0.1) is 4.67 Å². The summed E-state index contributed by atoms with van der Waals surface area (Å²) < 4.78 is 63.7. The van der Waals surface area contributed by atoms with Crippen LogP contribution in [0.4, 0.5) is 8.78 Å². The molecular formula is C31H36BrF2N2O12P. The SMILES string of the molecule is Cn1cc(-c2ccc(C(=O)OCOC(=O)C(C)(C)C)cc2)n(Cc2ccc(C(F)(F)P(=O)(O)OOOCOC(=O)C(C)(C)C)c(Br)c2)c1=O. The first-order valence-corrected chi connectivity index (χ1v) is 16.8. The third-order valence-corrected chi connectivity index (χ3v) is 8.50. The maximum atomic E-state index is 15.1. The number of carbonyl (C=O) groups excluding carboxylic acids is 3. The molecule has 0 bridgehead atoms. The van der Waals surface area contributed by atoms with Gasteiger partial charge >= 0.3 is 36.9 Å². The highest BCUT2D eigenvalue weighted by Crippen LogP contribution is 2.64. The average molecular weight is 778 g/mol. The van der Waals surface area contributed by atoms with E-state index in [0.29, 0.717) is 16.8 Å². The first kappa shape index (κ1) is 39.7. The minimum atomic E-state index is -5.87. The van der Waals surface area contributed by atoms with Gasteiger partial charge < -0.3 is 23.7 Å². The Bertz CT molecular complexity index is 1790. The molecule has 1 N–H and O–H groups in total. The van der Waals surface area contributed by atoms with Crippen molar-refractivity contribution < 1.29 is 61.4 Å². The minimum absolute atomic E-state index is 0.0973. The summed E-state index contributed by atoms with van der Waals surface area (Å²) in [6.45, 7) is 8.07. The van der Waals surface area contributed by atoms with E-state index in [-0.39, 0.29) is 16.6 Å². The van der Waals surface area contributed by atoms with E-state index in [1.54, 1.807) is 59.9 Å². The standard InChI is InChI=1S/C31H36BrF2N2O12P/c1-29(2,3)26(38)44-17-43-25(37)21-11-9-20(10-12-21)24-16-35(7)28(40)36(24)15-19-8-13-22(23(32)14-19)31(33,34)49(41,42)48-47-46-18-45-27(39)30(4,5)6/h8-14,16H,15,17-18H2,1-7H3,(H,41,42). The molecule has 1 heterocycles. The predicted molar refractivity (Wildman–Crippen MR) is 172 cm³/mol. The highest BCUT2D eigenvalue weighted by Gasteiger charge is 2.55. The number of imidazole rings is 1. The summed E-state index contributed by atoms with van der Waals surface area (Å²) >= 11 is 3.00. The summed E-state index contributed by atoms with van der Waals surface area (Å²) in [5, 5.41) is 3.97. The summed E-state index contributed by atoms with van der Waals surface area (Å²) in [4.78, 5) is 63.2. The van der Waals surface area contributed by atoms with Crippen LogP contribution in [-0.4, -0.2) is 45.5 Å². The predicted octanol–water partition coefficient (Wildman–Crippen LogP) is 6.03. The maximum absolute atomic E-state index is 15.1. The van der Waals surface area contributed by atoms with Crippen LogP contribution in [0.2, 0.25) is 0 Å². The van der Waals surface area contributed by atoms with Crippen molar-refractivity contribution in [3.05, 3.63) is 80.3 Å². The molecule has 3 rings (SSSR count). The Morgan fingerprint density at radius 2 is 1.47 bits per heavy atom. The lowest BCUT2D eigenvalue weighted by atomic mass is 9.97. The molecule has 0 aliphatic carbocycles. The molecular weight excluding hydrogens is 741 g/mol. The summed E-state index contributed by atoms with van der Waals surface area (Å²) in [5.41, 5.74) is -6.05. The van der Waals surface area contributed by atoms with Crippen LogP contribution in [-0.2, 0) is 62.2 Å². The number of carbonyl (C=O) groups is 3. The highest BCUT2D eigenvalue weighted by atomic mass is 79.9. The number of hydrogen-bond donors (Lipinski definition) is 1. The van der Waals surface area contributed by atoms with Crippen molar-refractivity contribution in [3.63, 3.8) is 0 Å². The summed E-state index contributed by atoms with van der Waals surface area (Å²) in [5.74, 6) is -1.99. The Balaban J connectivity index is 1.71. The molecule has 1 unspecified atom stereocenters. The number of esters is 3. The molecule has 0 aliphatic heterocycles. The number of nitrogens with zero attached hydrogens (tertiary/aromatic N) is 2. The lowest BCUT2D eigenvalue weighted by Gasteiger charge is -2.22. The van der Waals surface area contributed by atoms with E-state index in [9.17, 15) is 28.6 Å². The Morgan fingerprint density at radius 1 is 0.898 bits per heavy atom. The second-order valence-electron chi connectivity index (χ2n) is 12.7. The van der Waals surface area contributed by atoms with E-state index in [1.165, 1.54) is 40.4 Å². The number of benzene rings is 2. The molecule has 0 aliphatic rings. The van der Waals surface area contributed by atoms with Gasteiger partial charge in [0.2, 0.25) is 13.6 Å². The van der Waals surface area contributed by atoms with Crippen LogP contribution < -0.4 is 5.69 Å². The molecule has 0 saturated heterocycles. The maximum Gasteiger partial charge on any atom is 0.430 e. The molecule has 2 aromatic carbocycles.